The second-order valence-corrected chi connectivity index (χ2v) is 15.1. The van der Waals surface area contributed by atoms with E-state index < -0.39 is 11.7 Å². The third kappa shape index (κ3) is 5.74. The Hall–Kier alpha value is -7.87. The molecule has 0 aliphatic carbocycles. The molecule has 4 nitrogen and oxygen atoms in total. The van der Waals surface area contributed by atoms with Crippen molar-refractivity contribution in [2.24, 2.45) is 0 Å². The van der Waals surface area contributed by atoms with Crippen LogP contribution in [0.15, 0.2) is 164 Å². The Morgan fingerprint density at radius 3 is 1.48 bits per heavy atom. The van der Waals surface area contributed by atoms with Crippen LogP contribution in [0.2, 0.25) is 0 Å². The molecule has 0 bridgehead atoms. The number of nitriles is 1. The summed E-state index contributed by atoms with van der Waals surface area (Å²) in [5.74, 6) is 0. The van der Waals surface area contributed by atoms with Crippen LogP contribution in [0, 0.1) is 31.8 Å². The molecule has 10 rings (SSSR count). The van der Waals surface area contributed by atoms with Gasteiger partial charge in [0, 0.05) is 21.5 Å². The first kappa shape index (κ1) is 36.5. The number of benzene rings is 8. The minimum absolute atomic E-state index is 0.169. The Bertz CT molecular complexity index is 3480. The molecule has 0 atom stereocenters. The molecule has 286 valence electrons. The van der Waals surface area contributed by atoms with Gasteiger partial charge >= 0.3 is 6.18 Å². The van der Waals surface area contributed by atoms with Crippen LogP contribution in [0.4, 0.5) is 18.9 Å². The number of nitrogens with zero attached hydrogens (tertiary/aromatic N) is 4. The zero-order valence-electron chi connectivity index (χ0n) is 32.5. The molecule has 0 saturated carbocycles. The van der Waals surface area contributed by atoms with Crippen LogP contribution in [-0.4, -0.2) is 9.13 Å². The van der Waals surface area contributed by atoms with E-state index in [1.54, 1.807) is 0 Å². The van der Waals surface area contributed by atoms with Crippen LogP contribution in [0.5, 0.6) is 0 Å². The normalized spacial score (nSPS) is 11.7. The smallest absolute Gasteiger partial charge is 0.308 e. The van der Waals surface area contributed by atoms with E-state index in [1.807, 2.05) is 66.7 Å². The molecule has 2 heterocycles. The van der Waals surface area contributed by atoms with E-state index in [1.165, 1.54) is 6.07 Å². The second-order valence-electron chi connectivity index (χ2n) is 15.1. The van der Waals surface area contributed by atoms with E-state index in [-0.39, 0.29) is 16.8 Å². The van der Waals surface area contributed by atoms with Crippen LogP contribution >= 0.6 is 0 Å². The fourth-order valence-electron chi connectivity index (χ4n) is 8.87. The molecule has 60 heavy (non-hydrogen) atoms. The zero-order valence-corrected chi connectivity index (χ0v) is 32.5. The van der Waals surface area contributed by atoms with Crippen molar-refractivity contribution in [2.45, 2.75) is 20.0 Å². The maximum atomic E-state index is 14.0. The molecule has 8 aromatic carbocycles. The van der Waals surface area contributed by atoms with Gasteiger partial charge < -0.3 is 9.13 Å². The summed E-state index contributed by atoms with van der Waals surface area (Å²) in [5.41, 5.74) is 11.3. The lowest BCUT2D eigenvalue weighted by atomic mass is 9.95. The molecule has 0 unspecified atom stereocenters. The largest absolute Gasteiger partial charge is 0.416 e. The van der Waals surface area contributed by atoms with Gasteiger partial charge in [-0.2, -0.15) is 18.4 Å². The van der Waals surface area contributed by atoms with E-state index in [2.05, 4.69) is 113 Å². The molecule has 10 aromatic rings. The number of rotatable bonds is 5. The number of aryl methyl sites for hydroxylation is 2. The lowest BCUT2D eigenvalue weighted by Gasteiger charge is -2.20. The molecule has 0 radical (unpaired) electrons. The highest BCUT2D eigenvalue weighted by Crippen LogP contribution is 2.45. The zero-order chi connectivity index (χ0) is 41.3. The van der Waals surface area contributed by atoms with Gasteiger partial charge in [0.1, 0.15) is 0 Å². The van der Waals surface area contributed by atoms with Crippen LogP contribution in [0.1, 0.15) is 22.3 Å². The van der Waals surface area contributed by atoms with E-state index in [4.69, 9.17) is 6.57 Å². The van der Waals surface area contributed by atoms with Crippen LogP contribution in [0.3, 0.4) is 0 Å². The average Bonchev–Trinajstić information content (AvgIpc) is 3.77. The molecule has 7 heteroatoms. The summed E-state index contributed by atoms with van der Waals surface area (Å²) in [7, 11) is 0. The Labute approximate surface area is 344 Å². The van der Waals surface area contributed by atoms with Crippen molar-refractivity contribution in [3.8, 4) is 50.8 Å². The van der Waals surface area contributed by atoms with E-state index in [9.17, 15) is 18.4 Å². The van der Waals surface area contributed by atoms with Gasteiger partial charge in [0.2, 0.25) is 0 Å². The maximum absolute atomic E-state index is 14.0. The number of para-hydroxylation sites is 2. The lowest BCUT2D eigenvalue weighted by molar-refractivity contribution is -0.137. The van der Waals surface area contributed by atoms with Gasteiger partial charge in [-0.05, 0) is 107 Å². The summed E-state index contributed by atoms with van der Waals surface area (Å²) in [6.07, 6.45) is -4.65. The Morgan fingerprint density at radius 1 is 0.500 bits per heavy atom. The van der Waals surface area contributed by atoms with Gasteiger partial charge in [0.05, 0.1) is 57.2 Å². The predicted octanol–water partition coefficient (Wildman–Crippen LogP) is 14.9. The van der Waals surface area contributed by atoms with Crippen molar-refractivity contribution in [3.63, 3.8) is 0 Å². The number of fused-ring (bicyclic) bond motifs is 6. The summed E-state index contributed by atoms with van der Waals surface area (Å²) in [4.78, 5) is 4.01. The molecule has 0 fully saturated rings. The monoisotopic (exact) mass is 782 g/mol. The number of hydrogen-bond donors (Lipinski definition) is 0. The number of alkyl halides is 3. The summed E-state index contributed by atoms with van der Waals surface area (Å²) in [6, 6.07) is 54.7. The van der Waals surface area contributed by atoms with Crippen molar-refractivity contribution in [2.75, 3.05) is 0 Å². The molecule has 0 N–H and O–H groups in total. The lowest BCUT2D eigenvalue weighted by Crippen LogP contribution is -2.06. The standard InChI is InChI=1S/C53H33F3N4/c1-32-12-4-6-14-38(32)34-20-23-43-41-16-8-10-18-47(41)59(49(43)27-34)51-29-45(40-25-22-37(53(54,55)56)26-36(40)31-57)46(58-3)30-52(51)60-48-19-11-9-17-42(48)44-24-21-35(28-50(44)60)39-15-7-5-13-33(39)2/h4-30H,1-2H3. The van der Waals surface area contributed by atoms with Crippen molar-refractivity contribution >= 4 is 49.3 Å². The minimum Gasteiger partial charge on any atom is -0.308 e. The van der Waals surface area contributed by atoms with Crippen LogP contribution in [0.25, 0.3) is 93.2 Å². The van der Waals surface area contributed by atoms with Gasteiger partial charge in [-0.1, -0.05) is 115 Å². The molecule has 0 saturated heterocycles. The third-order valence-corrected chi connectivity index (χ3v) is 11.7. The summed E-state index contributed by atoms with van der Waals surface area (Å²) in [5, 5.41) is 14.4. The molecular weight excluding hydrogens is 750 g/mol. The SMILES string of the molecule is [C-]#[N+]c1cc(-n2c3ccccc3c3ccc(-c4ccccc4C)cc32)c(-n2c3ccccc3c3ccc(-c4ccccc4C)cc32)cc1-c1ccc(C(F)(F)F)cc1C#N. The topological polar surface area (TPSA) is 38.0 Å². The first-order chi connectivity index (χ1) is 29.1. The molecular formula is C53H33F3N4. The number of aromatic nitrogens is 2. The van der Waals surface area contributed by atoms with Gasteiger partial charge in [-0.25, -0.2) is 4.85 Å². The Balaban J connectivity index is 1.37. The predicted molar refractivity (Wildman–Crippen MR) is 237 cm³/mol. The number of hydrogen-bond acceptors (Lipinski definition) is 1. The van der Waals surface area contributed by atoms with Gasteiger partial charge in [-0.3, -0.25) is 0 Å². The van der Waals surface area contributed by atoms with Crippen LogP contribution < -0.4 is 0 Å². The van der Waals surface area contributed by atoms with E-state index in [0.717, 1.165) is 89.1 Å². The first-order valence-corrected chi connectivity index (χ1v) is 19.5. The minimum atomic E-state index is -4.65. The van der Waals surface area contributed by atoms with Crippen molar-refractivity contribution < 1.29 is 13.2 Å². The highest BCUT2D eigenvalue weighted by molar-refractivity contribution is 6.13. The molecule has 0 spiro atoms. The average molecular weight is 783 g/mol. The summed E-state index contributed by atoms with van der Waals surface area (Å²) >= 11 is 0. The number of halogens is 3. The van der Waals surface area contributed by atoms with Gasteiger partial charge in [0.15, 0.2) is 5.69 Å². The van der Waals surface area contributed by atoms with Crippen molar-refractivity contribution in [1.29, 1.82) is 5.26 Å². The van der Waals surface area contributed by atoms with Gasteiger partial charge in [0.25, 0.3) is 0 Å². The fourth-order valence-corrected chi connectivity index (χ4v) is 8.87. The summed E-state index contributed by atoms with van der Waals surface area (Å²) in [6.45, 7) is 12.7. The van der Waals surface area contributed by atoms with Crippen molar-refractivity contribution in [1.82, 2.24) is 9.13 Å². The molecule has 0 aliphatic heterocycles. The quantitative estimate of drug-likeness (QED) is 0.160. The summed E-state index contributed by atoms with van der Waals surface area (Å²) < 4.78 is 46.3. The van der Waals surface area contributed by atoms with E-state index >= 15 is 0 Å². The fraction of sp³-hybridized carbons (Fsp3) is 0.0566. The maximum Gasteiger partial charge on any atom is 0.416 e. The second kappa shape index (κ2) is 13.9. The Morgan fingerprint density at radius 2 is 0.983 bits per heavy atom. The van der Waals surface area contributed by atoms with Crippen molar-refractivity contribution in [3.05, 3.63) is 197 Å². The van der Waals surface area contributed by atoms with Gasteiger partial charge in [-0.15, -0.1) is 0 Å². The highest BCUT2D eigenvalue weighted by Gasteiger charge is 2.32. The first-order valence-electron chi connectivity index (χ1n) is 19.5. The molecule has 2 aromatic heterocycles. The third-order valence-electron chi connectivity index (χ3n) is 11.7. The molecule has 0 aliphatic rings. The molecule has 0 amide bonds. The van der Waals surface area contributed by atoms with E-state index in [0.29, 0.717) is 16.9 Å². The van der Waals surface area contributed by atoms with Crippen LogP contribution in [-0.2, 0) is 6.18 Å². The Kier molecular flexibility index (Phi) is 8.45. The highest BCUT2D eigenvalue weighted by atomic mass is 19.4.